The monoisotopic (exact) mass is 403 g/mol. The molecule has 0 spiro atoms. The summed E-state index contributed by atoms with van der Waals surface area (Å²) in [6, 6.07) is 25.7. The van der Waals surface area contributed by atoms with Crippen molar-refractivity contribution in [3.05, 3.63) is 107 Å². The van der Waals surface area contributed by atoms with Crippen LogP contribution in [0.4, 0.5) is 0 Å². The van der Waals surface area contributed by atoms with Gasteiger partial charge in [-0.3, -0.25) is 4.79 Å². The molecule has 1 heterocycles. The number of benzene rings is 3. The zero-order valence-electron chi connectivity index (χ0n) is 16.2. The van der Waals surface area contributed by atoms with Crippen molar-refractivity contribution in [1.29, 1.82) is 0 Å². The van der Waals surface area contributed by atoms with Crippen LogP contribution in [-0.4, -0.2) is 17.8 Å². The number of ether oxygens (including phenoxy) is 1. The number of carbonyl (C=O) groups excluding carboxylic acids is 1. The number of rotatable bonds is 5. The van der Waals surface area contributed by atoms with Gasteiger partial charge in [0.05, 0.1) is 13.2 Å². The van der Waals surface area contributed by atoms with Crippen molar-refractivity contribution in [2.24, 2.45) is 0 Å². The van der Waals surface area contributed by atoms with Gasteiger partial charge in [-0.1, -0.05) is 66.2 Å². The van der Waals surface area contributed by atoms with Crippen LogP contribution >= 0.6 is 11.6 Å². The van der Waals surface area contributed by atoms with Crippen molar-refractivity contribution in [1.82, 2.24) is 4.90 Å². The fraction of sp³-hybridized carbons (Fsp3) is 0.160. The molecule has 3 aromatic carbocycles. The maximum Gasteiger partial charge on any atom is 0.167 e. The number of nitrogens with zero attached hydrogens (tertiary/aromatic N) is 1. The van der Waals surface area contributed by atoms with E-state index >= 15 is 0 Å². The van der Waals surface area contributed by atoms with Gasteiger partial charge in [0.15, 0.2) is 5.78 Å². The van der Waals surface area contributed by atoms with Crippen molar-refractivity contribution >= 4 is 23.0 Å². The van der Waals surface area contributed by atoms with Crippen LogP contribution in [0.3, 0.4) is 0 Å². The Morgan fingerprint density at radius 2 is 1.76 bits per heavy atom. The fourth-order valence-electron chi connectivity index (χ4n) is 3.71. The van der Waals surface area contributed by atoms with Crippen molar-refractivity contribution in [3.63, 3.8) is 0 Å². The molecule has 1 atom stereocenters. The summed E-state index contributed by atoms with van der Waals surface area (Å²) in [5, 5.41) is 0.628. The van der Waals surface area contributed by atoms with Crippen LogP contribution in [0.1, 0.15) is 29.2 Å². The SMILES string of the molecule is COc1ccc(C2CC(=O)C(c3cccc(Cl)c3)=CN2Cc2ccccc2)cc1. The third-order valence-corrected chi connectivity index (χ3v) is 5.45. The Kier molecular flexibility index (Phi) is 5.68. The average molecular weight is 404 g/mol. The van der Waals surface area contributed by atoms with E-state index in [0.717, 1.165) is 23.4 Å². The molecule has 146 valence electrons. The first-order valence-electron chi connectivity index (χ1n) is 9.58. The number of allylic oxidation sites excluding steroid dienone is 1. The minimum Gasteiger partial charge on any atom is -0.497 e. The van der Waals surface area contributed by atoms with Gasteiger partial charge in [-0.2, -0.15) is 0 Å². The second kappa shape index (κ2) is 8.54. The molecule has 0 N–H and O–H groups in total. The highest BCUT2D eigenvalue weighted by atomic mass is 35.5. The molecule has 1 aliphatic heterocycles. The molecule has 0 radical (unpaired) electrons. The van der Waals surface area contributed by atoms with Gasteiger partial charge >= 0.3 is 0 Å². The summed E-state index contributed by atoms with van der Waals surface area (Å²) in [5.74, 6) is 0.929. The molecule has 4 rings (SSSR count). The second-order valence-corrected chi connectivity index (χ2v) is 7.56. The molecule has 29 heavy (non-hydrogen) atoms. The zero-order chi connectivity index (χ0) is 20.2. The van der Waals surface area contributed by atoms with E-state index in [9.17, 15) is 4.79 Å². The summed E-state index contributed by atoms with van der Waals surface area (Å²) in [6.45, 7) is 0.717. The summed E-state index contributed by atoms with van der Waals surface area (Å²) < 4.78 is 5.28. The van der Waals surface area contributed by atoms with E-state index in [1.807, 2.05) is 72.9 Å². The summed E-state index contributed by atoms with van der Waals surface area (Å²) in [6.07, 6.45) is 2.40. The molecule has 0 fully saturated rings. The fourth-order valence-corrected chi connectivity index (χ4v) is 3.90. The number of carbonyl (C=O) groups is 1. The van der Waals surface area contributed by atoms with Gasteiger partial charge in [0.2, 0.25) is 0 Å². The predicted molar refractivity (Wildman–Crippen MR) is 117 cm³/mol. The normalized spacial score (nSPS) is 16.5. The van der Waals surface area contributed by atoms with E-state index in [4.69, 9.17) is 16.3 Å². The maximum atomic E-state index is 13.0. The number of ketones is 1. The van der Waals surface area contributed by atoms with Gasteiger partial charge < -0.3 is 9.64 Å². The molecule has 1 unspecified atom stereocenters. The average Bonchev–Trinajstić information content (AvgIpc) is 2.75. The lowest BCUT2D eigenvalue weighted by atomic mass is 9.90. The molecule has 0 amide bonds. The van der Waals surface area contributed by atoms with Crippen LogP contribution in [0.2, 0.25) is 5.02 Å². The molecule has 3 aromatic rings. The van der Waals surface area contributed by atoms with Crippen molar-refractivity contribution in [3.8, 4) is 5.75 Å². The number of hydrogen-bond donors (Lipinski definition) is 0. The third kappa shape index (κ3) is 4.36. The maximum absolute atomic E-state index is 13.0. The molecule has 0 saturated carbocycles. The van der Waals surface area contributed by atoms with Crippen LogP contribution in [-0.2, 0) is 11.3 Å². The van der Waals surface area contributed by atoms with Gasteiger partial charge in [0.1, 0.15) is 5.75 Å². The van der Waals surface area contributed by atoms with E-state index < -0.39 is 0 Å². The second-order valence-electron chi connectivity index (χ2n) is 7.13. The molecular weight excluding hydrogens is 382 g/mol. The van der Waals surface area contributed by atoms with Crippen molar-refractivity contribution in [2.75, 3.05) is 7.11 Å². The summed E-state index contributed by atoms with van der Waals surface area (Å²) in [4.78, 5) is 15.3. The Morgan fingerprint density at radius 3 is 2.45 bits per heavy atom. The topological polar surface area (TPSA) is 29.5 Å². The Hall–Kier alpha value is -3.04. The highest BCUT2D eigenvalue weighted by molar-refractivity contribution is 6.31. The van der Waals surface area contributed by atoms with Gasteiger partial charge in [0, 0.05) is 29.8 Å². The minimum absolute atomic E-state index is 0.0310. The number of halogens is 1. The molecular formula is C25H22ClNO2. The Balaban J connectivity index is 1.73. The minimum atomic E-state index is -0.0310. The van der Waals surface area contributed by atoms with Crippen LogP contribution in [0.25, 0.3) is 5.57 Å². The summed E-state index contributed by atoms with van der Waals surface area (Å²) in [7, 11) is 1.65. The number of Topliss-reactive ketones (excluding diaryl/α,β-unsaturated/α-hetero) is 1. The predicted octanol–water partition coefficient (Wildman–Crippen LogP) is 5.91. The Morgan fingerprint density at radius 1 is 1.00 bits per heavy atom. The standard InChI is InChI=1S/C25H22ClNO2/c1-29-22-12-10-19(11-13-22)24-15-25(28)23(20-8-5-9-21(26)14-20)17-27(24)16-18-6-3-2-4-7-18/h2-14,17,24H,15-16H2,1H3. The highest BCUT2D eigenvalue weighted by Crippen LogP contribution is 2.36. The Labute approximate surface area is 176 Å². The van der Waals surface area contributed by atoms with Gasteiger partial charge in [-0.05, 0) is 41.0 Å². The van der Waals surface area contributed by atoms with Gasteiger partial charge in [-0.25, -0.2) is 0 Å². The lowest BCUT2D eigenvalue weighted by Gasteiger charge is -2.35. The molecule has 0 saturated heterocycles. The van der Waals surface area contributed by atoms with E-state index in [2.05, 4.69) is 17.0 Å². The molecule has 4 heteroatoms. The Bertz CT molecular complexity index is 1030. The highest BCUT2D eigenvalue weighted by Gasteiger charge is 2.29. The molecule has 0 bridgehead atoms. The molecule has 1 aliphatic rings. The first-order chi connectivity index (χ1) is 14.1. The van der Waals surface area contributed by atoms with Crippen molar-refractivity contribution < 1.29 is 9.53 Å². The molecule has 0 aliphatic carbocycles. The van der Waals surface area contributed by atoms with Crippen LogP contribution in [0.5, 0.6) is 5.75 Å². The van der Waals surface area contributed by atoms with E-state index in [0.29, 0.717) is 17.0 Å². The smallest absolute Gasteiger partial charge is 0.167 e. The van der Waals surface area contributed by atoms with Crippen molar-refractivity contribution in [2.45, 2.75) is 19.0 Å². The number of hydrogen-bond acceptors (Lipinski definition) is 3. The zero-order valence-corrected chi connectivity index (χ0v) is 17.0. The molecule has 0 aromatic heterocycles. The van der Waals surface area contributed by atoms with E-state index in [-0.39, 0.29) is 11.8 Å². The van der Waals surface area contributed by atoms with E-state index in [1.54, 1.807) is 7.11 Å². The largest absolute Gasteiger partial charge is 0.497 e. The van der Waals surface area contributed by atoms with E-state index in [1.165, 1.54) is 5.56 Å². The van der Waals surface area contributed by atoms with Gasteiger partial charge in [-0.15, -0.1) is 0 Å². The van der Waals surface area contributed by atoms with Gasteiger partial charge in [0.25, 0.3) is 0 Å². The summed E-state index contributed by atoms with van der Waals surface area (Å²) in [5.41, 5.74) is 3.85. The lowest BCUT2D eigenvalue weighted by molar-refractivity contribution is -0.115. The number of methoxy groups -OCH3 is 1. The lowest BCUT2D eigenvalue weighted by Crippen LogP contribution is -2.30. The van der Waals surface area contributed by atoms with Crippen LogP contribution in [0.15, 0.2) is 85.1 Å². The van der Waals surface area contributed by atoms with Crippen LogP contribution in [0, 0.1) is 0 Å². The quantitative estimate of drug-likeness (QED) is 0.530. The summed E-state index contributed by atoms with van der Waals surface area (Å²) >= 11 is 6.17. The third-order valence-electron chi connectivity index (χ3n) is 5.22. The molecule has 3 nitrogen and oxygen atoms in total. The first-order valence-corrected chi connectivity index (χ1v) is 9.96. The first kappa shape index (κ1) is 19.3. The van der Waals surface area contributed by atoms with Crippen LogP contribution < -0.4 is 4.74 Å².